The smallest absolute Gasteiger partial charge is 0.330 e. The molecule has 0 saturated carbocycles. The fourth-order valence-corrected chi connectivity index (χ4v) is 5.10. The zero-order valence-electron chi connectivity index (χ0n) is 24.0. The van der Waals surface area contributed by atoms with Gasteiger partial charge in [0.25, 0.3) is 5.91 Å². The number of nitrogens with two attached hydrogens (primary N) is 1. The Bertz CT molecular complexity index is 1190. The molecule has 38 heavy (non-hydrogen) atoms. The molecule has 0 radical (unpaired) electrons. The van der Waals surface area contributed by atoms with Crippen molar-refractivity contribution in [2.24, 2.45) is 5.73 Å². The zero-order valence-corrected chi connectivity index (χ0v) is 24.0. The molecule has 1 atom stereocenters. The number of amides is 1. The topological polar surface area (TPSA) is 87.8 Å². The van der Waals surface area contributed by atoms with Gasteiger partial charge in [0, 0.05) is 17.2 Å². The molecule has 3 rings (SSSR count). The predicted octanol–water partition coefficient (Wildman–Crippen LogP) is 6.71. The van der Waals surface area contributed by atoms with Crippen LogP contribution in [-0.4, -0.2) is 31.7 Å². The summed E-state index contributed by atoms with van der Waals surface area (Å²) in [5.41, 5.74) is 10.7. The molecule has 0 saturated heterocycles. The number of benzene rings is 2. The molecule has 0 aromatic heterocycles. The van der Waals surface area contributed by atoms with Crippen molar-refractivity contribution in [1.82, 2.24) is 0 Å². The number of primary amides is 1. The normalized spacial score (nSPS) is 16.5. The first-order valence-electron chi connectivity index (χ1n) is 13.6. The number of rotatable bonds is 11. The van der Waals surface area contributed by atoms with Crippen LogP contribution in [0.15, 0.2) is 36.4 Å². The van der Waals surface area contributed by atoms with Gasteiger partial charge in [-0.3, -0.25) is 4.79 Å². The van der Waals surface area contributed by atoms with Crippen molar-refractivity contribution < 1.29 is 23.8 Å². The maximum atomic E-state index is 12.4. The molecule has 0 heterocycles. The SMILES string of the molecule is CCCCC(Oc1cc2c(cc1-c1cc(/C=C/C(=O)OCC)ccc1OC)C(C)(C)CCC2(C)C)C(N)=O. The van der Waals surface area contributed by atoms with Gasteiger partial charge in [-0.25, -0.2) is 4.79 Å². The molecule has 0 fully saturated rings. The van der Waals surface area contributed by atoms with Gasteiger partial charge < -0.3 is 19.9 Å². The average molecular weight is 522 g/mol. The summed E-state index contributed by atoms with van der Waals surface area (Å²) in [5.74, 6) is 0.408. The number of hydrogen-bond acceptors (Lipinski definition) is 5. The van der Waals surface area contributed by atoms with Crippen LogP contribution >= 0.6 is 0 Å². The van der Waals surface area contributed by atoms with Gasteiger partial charge in [-0.05, 0) is 90.5 Å². The number of hydrogen-bond donors (Lipinski definition) is 1. The van der Waals surface area contributed by atoms with Crippen LogP contribution in [-0.2, 0) is 25.2 Å². The van der Waals surface area contributed by atoms with Crippen molar-refractivity contribution >= 4 is 18.0 Å². The highest BCUT2D eigenvalue weighted by atomic mass is 16.5. The van der Waals surface area contributed by atoms with Crippen molar-refractivity contribution in [2.75, 3.05) is 13.7 Å². The Balaban J connectivity index is 2.24. The molecule has 1 unspecified atom stereocenters. The van der Waals surface area contributed by atoms with Gasteiger partial charge >= 0.3 is 5.97 Å². The Morgan fingerprint density at radius 1 is 0.974 bits per heavy atom. The van der Waals surface area contributed by atoms with Gasteiger partial charge in [-0.15, -0.1) is 0 Å². The average Bonchev–Trinajstić information content (AvgIpc) is 2.87. The lowest BCUT2D eigenvalue weighted by Crippen LogP contribution is -2.35. The molecule has 0 aliphatic heterocycles. The van der Waals surface area contributed by atoms with Crippen LogP contribution in [0.25, 0.3) is 17.2 Å². The summed E-state index contributed by atoms with van der Waals surface area (Å²) in [6.45, 7) is 13.2. The van der Waals surface area contributed by atoms with Crippen LogP contribution in [0.2, 0.25) is 0 Å². The maximum Gasteiger partial charge on any atom is 0.330 e. The lowest BCUT2D eigenvalue weighted by molar-refractivity contribution is -0.137. The first-order valence-corrected chi connectivity index (χ1v) is 13.6. The maximum absolute atomic E-state index is 12.4. The number of carbonyl (C=O) groups is 2. The molecule has 6 heteroatoms. The minimum atomic E-state index is -0.732. The van der Waals surface area contributed by atoms with Gasteiger partial charge in [0.05, 0.1) is 13.7 Å². The van der Waals surface area contributed by atoms with Gasteiger partial charge in [0.1, 0.15) is 11.5 Å². The third-order valence-electron chi connectivity index (χ3n) is 7.57. The number of carbonyl (C=O) groups excluding carboxylic acids is 2. The van der Waals surface area contributed by atoms with Gasteiger partial charge in [0.2, 0.25) is 0 Å². The van der Waals surface area contributed by atoms with Gasteiger partial charge in [-0.2, -0.15) is 0 Å². The summed E-state index contributed by atoms with van der Waals surface area (Å²) in [7, 11) is 1.63. The third-order valence-corrected chi connectivity index (χ3v) is 7.57. The van der Waals surface area contributed by atoms with E-state index >= 15 is 0 Å². The molecule has 2 aromatic rings. The highest BCUT2D eigenvalue weighted by molar-refractivity contribution is 5.88. The van der Waals surface area contributed by atoms with E-state index in [0.29, 0.717) is 24.5 Å². The van der Waals surface area contributed by atoms with Crippen LogP contribution in [0.4, 0.5) is 0 Å². The largest absolute Gasteiger partial charge is 0.496 e. The Labute approximate surface area is 227 Å². The number of unbranched alkanes of at least 4 members (excludes halogenated alkanes) is 1. The molecular weight excluding hydrogens is 478 g/mol. The van der Waals surface area contributed by atoms with Crippen molar-refractivity contribution in [2.45, 2.75) is 90.6 Å². The van der Waals surface area contributed by atoms with E-state index in [1.54, 1.807) is 20.1 Å². The quantitative estimate of drug-likeness (QED) is 0.262. The van der Waals surface area contributed by atoms with Crippen molar-refractivity contribution in [1.29, 1.82) is 0 Å². The second-order valence-electron chi connectivity index (χ2n) is 11.4. The monoisotopic (exact) mass is 521 g/mol. The van der Waals surface area contributed by atoms with Gasteiger partial charge in [0.15, 0.2) is 6.10 Å². The summed E-state index contributed by atoms with van der Waals surface area (Å²) < 4.78 is 17.2. The predicted molar refractivity (Wildman–Crippen MR) is 153 cm³/mol. The van der Waals surface area contributed by atoms with E-state index in [4.69, 9.17) is 19.9 Å². The number of methoxy groups -OCH3 is 1. The van der Waals surface area contributed by atoms with Gasteiger partial charge in [-0.1, -0.05) is 47.1 Å². The summed E-state index contributed by atoms with van der Waals surface area (Å²) in [6.07, 6.45) is 6.85. The minimum Gasteiger partial charge on any atom is -0.496 e. The lowest BCUT2D eigenvalue weighted by Gasteiger charge is -2.42. The molecule has 0 spiro atoms. The van der Waals surface area contributed by atoms with Crippen LogP contribution in [0.5, 0.6) is 11.5 Å². The number of ether oxygens (including phenoxy) is 3. The fraction of sp³-hybridized carbons (Fsp3) is 0.500. The molecule has 2 aromatic carbocycles. The van der Waals surface area contributed by atoms with Crippen molar-refractivity contribution in [3.63, 3.8) is 0 Å². The number of esters is 1. The van der Waals surface area contributed by atoms with E-state index < -0.39 is 18.0 Å². The zero-order chi connectivity index (χ0) is 28.1. The first-order chi connectivity index (χ1) is 17.9. The summed E-state index contributed by atoms with van der Waals surface area (Å²) in [5, 5.41) is 0. The Morgan fingerprint density at radius 2 is 1.61 bits per heavy atom. The molecular formula is C32H43NO5. The molecule has 6 nitrogen and oxygen atoms in total. The Kier molecular flexibility index (Phi) is 9.29. The van der Waals surface area contributed by atoms with Crippen LogP contribution < -0.4 is 15.2 Å². The summed E-state index contributed by atoms with van der Waals surface area (Å²) >= 11 is 0. The second kappa shape index (κ2) is 12.1. The molecule has 1 amide bonds. The van der Waals surface area contributed by atoms with Crippen LogP contribution in [0.1, 0.15) is 90.3 Å². The minimum absolute atomic E-state index is 0.0297. The van der Waals surface area contributed by atoms with Crippen molar-refractivity contribution in [3.8, 4) is 22.6 Å². The number of fused-ring (bicyclic) bond motifs is 1. The van der Waals surface area contributed by atoms with E-state index in [0.717, 1.165) is 42.4 Å². The summed E-state index contributed by atoms with van der Waals surface area (Å²) in [6, 6.07) is 10.0. The molecule has 2 N–H and O–H groups in total. The standard InChI is InChI=1S/C32H43NO5/c1-8-10-11-27(30(33)35)38-28-20-25-24(31(3,4)16-17-32(25,5)6)19-23(28)22-18-21(12-14-26(22)36-7)13-15-29(34)37-9-2/h12-15,18-20,27H,8-11,16-17H2,1-7H3,(H2,33,35)/b15-13+. The highest BCUT2D eigenvalue weighted by Gasteiger charge is 2.38. The van der Waals surface area contributed by atoms with E-state index in [2.05, 4.69) is 46.8 Å². The molecule has 1 aliphatic carbocycles. The van der Waals surface area contributed by atoms with E-state index in [1.807, 2.05) is 18.2 Å². The fourth-order valence-electron chi connectivity index (χ4n) is 5.10. The Hall–Kier alpha value is -3.28. The Morgan fingerprint density at radius 3 is 2.18 bits per heavy atom. The van der Waals surface area contributed by atoms with E-state index in [1.165, 1.54) is 17.2 Å². The van der Waals surface area contributed by atoms with E-state index in [9.17, 15) is 9.59 Å². The highest BCUT2D eigenvalue weighted by Crippen LogP contribution is 2.50. The van der Waals surface area contributed by atoms with E-state index in [-0.39, 0.29) is 10.8 Å². The first kappa shape index (κ1) is 29.3. The molecule has 0 bridgehead atoms. The third kappa shape index (κ3) is 6.58. The van der Waals surface area contributed by atoms with Crippen molar-refractivity contribution in [3.05, 3.63) is 53.1 Å². The molecule has 1 aliphatic rings. The second-order valence-corrected chi connectivity index (χ2v) is 11.4. The van der Waals surface area contributed by atoms with Crippen LogP contribution in [0, 0.1) is 0 Å². The summed E-state index contributed by atoms with van der Waals surface area (Å²) in [4.78, 5) is 24.3. The molecule has 206 valence electrons. The lowest BCUT2D eigenvalue weighted by atomic mass is 9.62. The van der Waals surface area contributed by atoms with Crippen LogP contribution in [0.3, 0.4) is 0 Å².